The Labute approximate surface area is 143 Å². The first kappa shape index (κ1) is 16.4. The van der Waals surface area contributed by atoms with E-state index in [0.717, 1.165) is 10.6 Å². The fourth-order valence-corrected chi connectivity index (χ4v) is 3.46. The maximum atomic E-state index is 12.4. The van der Waals surface area contributed by atoms with Crippen molar-refractivity contribution in [2.75, 3.05) is 18.4 Å². The van der Waals surface area contributed by atoms with E-state index in [1.807, 2.05) is 31.2 Å². The van der Waals surface area contributed by atoms with Gasteiger partial charge >= 0.3 is 12.0 Å². The van der Waals surface area contributed by atoms with Gasteiger partial charge in [-0.1, -0.05) is 18.3 Å². The molecule has 1 aliphatic heterocycles. The Balaban J connectivity index is 1.60. The summed E-state index contributed by atoms with van der Waals surface area (Å²) in [6.07, 6.45) is 0.486. The normalized spacial score (nSPS) is 20.6. The number of rotatable bonds is 3. The molecule has 3 rings (SSSR count). The van der Waals surface area contributed by atoms with Crippen LogP contribution in [-0.4, -0.2) is 45.3 Å². The van der Waals surface area contributed by atoms with Crippen LogP contribution in [0.5, 0.6) is 0 Å². The lowest BCUT2D eigenvalue weighted by Gasteiger charge is -2.34. The summed E-state index contributed by atoms with van der Waals surface area (Å²) < 4.78 is 0. The van der Waals surface area contributed by atoms with Gasteiger partial charge in [-0.2, -0.15) is 0 Å². The van der Waals surface area contributed by atoms with Crippen LogP contribution in [0.3, 0.4) is 0 Å². The van der Waals surface area contributed by atoms with E-state index in [4.69, 9.17) is 5.11 Å². The zero-order valence-corrected chi connectivity index (χ0v) is 14.0. The summed E-state index contributed by atoms with van der Waals surface area (Å²) in [6.45, 7) is 2.77. The quantitative estimate of drug-likeness (QED) is 0.891. The molecule has 24 heavy (non-hydrogen) atoms. The number of nitrogens with zero attached hydrogens (tertiary/aromatic N) is 3. The molecule has 2 unspecified atom stereocenters. The van der Waals surface area contributed by atoms with E-state index in [0.29, 0.717) is 25.2 Å². The van der Waals surface area contributed by atoms with Crippen molar-refractivity contribution in [3.63, 3.8) is 0 Å². The summed E-state index contributed by atoms with van der Waals surface area (Å²) in [5, 5.41) is 20.6. The third-order valence-electron chi connectivity index (χ3n) is 4.25. The third kappa shape index (κ3) is 3.53. The largest absolute Gasteiger partial charge is 0.481 e. The summed E-state index contributed by atoms with van der Waals surface area (Å²) in [4.78, 5) is 25.2. The number of carboxylic acid groups (broad SMARTS) is 1. The monoisotopic (exact) mass is 346 g/mol. The molecule has 2 heterocycles. The van der Waals surface area contributed by atoms with Crippen LogP contribution in [0.1, 0.15) is 13.3 Å². The van der Waals surface area contributed by atoms with Gasteiger partial charge in [-0.05, 0) is 36.6 Å². The van der Waals surface area contributed by atoms with Crippen molar-refractivity contribution < 1.29 is 14.7 Å². The van der Waals surface area contributed by atoms with Gasteiger partial charge in [-0.15, -0.1) is 10.2 Å². The molecule has 1 saturated heterocycles. The molecule has 1 aromatic heterocycles. The maximum absolute atomic E-state index is 12.4. The van der Waals surface area contributed by atoms with Crippen LogP contribution in [0.25, 0.3) is 10.6 Å². The zero-order valence-electron chi connectivity index (χ0n) is 13.2. The molecule has 0 aliphatic carbocycles. The van der Waals surface area contributed by atoms with Gasteiger partial charge in [0.1, 0.15) is 10.5 Å². The van der Waals surface area contributed by atoms with Crippen molar-refractivity contribution in [1.29, 1.82) is 0 Å². The van der Waals surface area contributed by atoms with Crippen LogP contribution in [0, 0.1) is 11.8 Å². The Morgan fingerprint density at radius 2 is 2.08 bits per heavy atom. The Kier molecular flexibility index (Phi) is 4.75. The van der Waals surface area contributed by atoms with Crippen molar-refractivity contribution in [1.82, 2.24) is 15.1 Å². The van der Waals surface area contributed by atoms with E-state index >= 15 is 0 Å². The van der Waals surface area contributed by atoms with Gasteiger partial charge in [0, 0.05) is 24.3 Å². The highest BCUT2D eigenvalue weighted by Crippen LogP contribution is 2.25. The van der Waals surface area contributed by atoms with Gasteiger partial charge in [-0.25, -0.2) is 4.79 Å². The number of urea groups is 1. The molecule has 0 spiro atoms. The number of anilines is 1. The minimum atomic E-state index is -0.783. The molecule has 0 radical (unpaired) electrons. The van der Waals surface area contributed by atoms with Gasteiger partial charge in [0.2, 0.25) is 0 Å². The van der Waals surface area contributed by atoms with Gasteiger partial charge in [0.15, 0.2) is 0 Å². The van der Waals surface area contributed by atoms with Crippen molar-refractivity contribution in [3.8, 4) is 10.6 Å². The Morgan fingerprint density at radius 3 is 2.67 bits per heavy atom. The Bertz CT molecular complexity index is 717. The topological polar surface area (TPSA) is 95.4 Å². The zero-order chi connectivity index (χ0) is 17.1. The number of carbonyl (C=O) groups is 2. The molecule has 0 saturated carbocycles. The lowest BCUT2D eigenvalue weighted by Crippen LogP contribution is -2.46. The minimum absolute atomic E-state index is 0.0539. The van der Waals surface area contributed by atoms with Crippen LogP contribution in [-0.2, 0) is 4.79 Å². The number of carbonyl (C=O) groups excluding carboxylic acids is 1. The number of likely N-dealkylation sites (tertiary alicyclic amines) is 1. The average molecular weight is 346 g/mol. The van der Waals surface area contributed by atoms with Gasteiger partial charge < -0.3 is 15.3 Å². The number of aromatic nitrogens is 2. The second-order valence-corrected chi connectivity index (χ2v) is 6.74. The second kappa shape index (κ2) is 6.96. The fourth-order valence-electron chi connectivity index (χ4n) is 2.89. The highest BCUT2D eigenvalue weighted by Gasteiger charge is 2.32. The van der Waals surface area contributed by atoms with Crippen LogP contribution in [0.2, 0.25) is 0 Å². The highest BCUT2D eigenvalue weighted by atomic mass is 32.1. The van der Waals surface area contributed by atoms with E-state index in [1.54, 1.807) is 10.4 Å². The molecular weight excluding hydrogens is 328 g/mol. The molecule has 1 aromatic carbocycles. The maximum Gasteiger partial charge on any atom is 0.321 e. The van der Waals surface area contributed by atoms with Crippen LogP contribution >= 0.6 is 11.3 Å². The lowest BCUT2D eigenvalue weighted by atomic mass is 9.87. The smallest absolute Gasteiger partial charge is 0.321 e. The standard InChI is InChI=1S/C16H18N4O3S/c1-10-8-20(7-6-13(10)15(21)22)16(23)18-12-4-2-11(3-5-12)14-19-17-9-24-14/h2-5,9-10,13H,6-8H2,1H3,(H,18,23)(H,21,22). The first-order valence-corrected chi connectivity index (χ1v) is 8.58. The number of nitrogens with one attached hydrogen (secondary N) is 1. The SMILES string of the molecule is CC1CN(C(=O)Nc2ccc(-c3nncs3)cc2)CCC1C(=O)O. The predicted octanol–water partition coefficient (Wildman–Crippen LogP) is 2.78. The Morgan fingerprint density at radius 1 is 1.33 bits per heavy atom. The third-order valence-corrected chi connectivity index (χ3v) is 4.99. The molecule has 2 amide bonds. The number of aliphatic carboxylic acids is 1. The van der Waals surface area contributed by atoms with E-state index in [1.165, 1.54) is 11.3 Å². The predicted molar refractivity (Wildman–Crippen MR) is 90.8 cm³/mol. The van der Waals surface area contributed by atoms with Gasteiger partial charge in [-0.3, -0.25) is 4.79 Å². The van der Waals surface area contributed by atoms with Gasteiger partial charge in [0.25, 0.3) is 0 Å². The molecule has 7 nitrogen and oxygen atoms in total. The molecule has 8 heteroatoms. The van der Waals surface area contributed by atoms with Crippen LogP contribution in [0.15, 0.2) is 29.8 Å². The number of carboxylic acids is 1. The molecule has 2 N–H and O–H groups in total. The summed E-state index contributed by atoms with van der Waals surface area (Å²) in [5.74, 6) is -1.21. The molecule has 2 aromatic rings. The number of hydrogen-bond acceptors (Lipinski definition) is 5. The molecule has 1 aliphatic rings. The minimum Gasteiger partial charge on any atom is -0.481 e. The number of piperidine rings is 1. The first-order valence-electron chi connectivity index (χ1n) is 7.70. The molecular formula is C16H18N4O3S. The van der Waals surface area contributed by atoms with Crippen molar-refractivity contribution in [2.45, 2.75) is 13.3 Å². The second-order valence-electron chi connectivity index (χ2n) is 5.91. The van der Waals surface area contributed by atoms with E-state index in [2.05, 4.69) is 15.5 Å². The van der Waals surface area contributed by atoms with Crippen molar-refractivity contribution in [3.05, 3.63) is 29.8 Å². The van der Waals surface area contributed by atoms with Crippen molar-refractivity contribution >= 4 is 29.0 Å². The molecule has 2 atom stereocenters. The van der Waals surface area contributed by atoms with Crippen molar-refractivity contribution in [2.24, 2.45) is 11.8 Å². The Hall–Kier alpha value is -2.48. The average Bonchev–Trinajstić information content (AvgIpc) is 3.09. The highest BCUT2D eigenvalue weighted by molar-refractivity contribution is 7.12. The number of hydrogen-bond donors (Lipinski definition) is 2. The summed E-state index contributed by atoms with van der Waals surface area (Å²) in [5.41, 5.74) is 3.32. The number of benzene rings is 1. The summed E-state index contributed by atoms with van der Waals surface area (Å²) in [7, 11) is 0. The number of amides is 2. The van der Waals surface area contributed by atoms with E-state index in [9.17, 15) is 9.59 Å². The van der Waals surface area contributed by atoms with Gasteiger partial charge in [0.05, 0.1) is 5.92 Å². The van der Waals surface area contributed by atoms with E-state index in [-0.39, 0.29) is 17.9 Å². The molecule has 126 valence electrons. The van der Waals surface area contributed by atoms with Crippen LogP contribution < -0.4 is 5.32 Å². The first-order chi connectivity index (χ1) is 11.5. The molecule has 1 fully saturated rings. The molecule has 0 bridgehead atoms. The van der Waals surface area contributed by atoms with Crippen LogP contribution in [0.4, 0.5) is 10.5 Å². The van der Waals surface area contributed by atoms with E-state index < -0.39 is 5.97 Å². The lowest BCUT2D eigenvalue weighted by molar-refractivity contribution is -0.145. The summed E-state index contributed by atoms with van der Waals surface area (Å²) >= 11 is 1.46. The summed E-state index contributed by atoms with van der Waals surface area (Å²) in [6, 6.07) is 7.21. The fraction of sp³-hybridized carbons (Fsp3) is 0.375.